The molecule has 0 aromatic carbocycles. The van der Waals surface area contributed by atoms with Crippen molar-refractivity contribution in [1.82, 2.24) is 10.1 Å². The van der Waals surface area contributed by atoms with Crippen molar-refractivity contribution in [2.45, 2.75) is 25.3 Å². The summed E-state index contributed by atoms with van der Waals surface area (Å²) in [5.74, 6) is 2.10. The standard InChI is InChI=1S/C11H16N2O3S/c14-17(15)5-3-13(4-6-17)8-10-7-11(16-12-10)9-1-2-9/h7,9H,1-6,8H2. The maximum absolute atomic E-state index is 11.3. The first-order valence-electron chi connectivity index (χ1n) is 6.01. The van der Waals surface area contributed by atoms with Crippen LogP contribution in [0.15, 0.2) is 10.6 Å². The Bertz CT molecular complexity index is 491. The summed E-state index contributed by atoms with van der Waals surface area (Å²) >= 11 is 0. The van der Waals surface area contributed by atoms with E-state index in [9.17, 15) is 8.42 Å². The van der Waals surface area contributed by atoms with Crippen LogP contribution in [0.25, 0.3) is 0 Å². The summed E-state index contributed by atoms with van der Waals surface area (Å²) in [5.41, 5.74) is 0.922. The molecule has 2 aliphatic rings. The number of nitrogens with zero attached hydrogens (tertiary/aromatic N) is 2. The van der Waals surface area contributed by atoms with E-state index in [1.807, 2.05) is 6.07 Å². The second kappa shape index (κ2) is 4.10. The normalized spacial score (nSPS) is 24.9. The van der Waals surface area contributed by atoms with Crippen LogP contribution >= 0.6 is 0 Å². The first kappa shape index (κ1) is 11.2. The van der Waals surface area contributed by atoms with Crippen molar-refractivity contribution in [1.29, 1.82) is 0 Å². The highest BCUT2D eigenvalue weighted by atomic mass is 32.2. The van der Waals surface area contributed by atoms with Crippen LogP contribution in [0.2, 0.25) is 0 Å². The maximum atomic E-state index is 11.3. The van der Waals surface area contributed by atoms with Crippen LogP contribution in [0.1, 0.15) is 30.2 Å². The van der Waals surface area contributed by atoms with E-state index < -0.39 is 9.84 Å². The molecule has 0 radical (unpaired) electrons. The number of aromatic nitrogens is 1. The van der Waals surface area contributed by atoms with Crippen LogP contribution in [0, 0.1) is 0 Å². The van der Waals surface area contributed by atoms with E-state index >= 15 is 0 Å². The number of hydrogen-bond donors (Lipinski definition) is 0. The third kappa shape index (κ3) is 2.69. The smallest absolute Gasteiger partial charge is 0.152 e. The van der Waals surface area contributed by atoms with Crippen LogP contribution in [0.5, 0.6) is 0 Å². The predicted octanol–water partition coefficient (Wildman–Crippen LogP) is 0.782. The summed E-state index contributed by atoms with van der Waals surface area (Å²) < 4.78 is 27.9. The minimum Gasteiger partial charge on any atom is -0.361 e. The lowest BCUT2D eigenvalue weighted by Crippen LogP contribution is -2.39. The average molecular weight is 256 g/mol. The van der Waals surface area contributed by atoms with Gasteiger partial charge in [0, 0.05) is 31.6 Å². The molecule has 1 saturated heterocycles. The van der Waals surface area contributed by atoms with Gasteiger partial charge in [-0.15, -0.1) is 0 Å². The molecule has 1 aliphatic carbocycles. The van der Waals surface area contributed by atoms with Crippen molar-refractivity contribution >= 4 is 9.84 Å². The van der Waals surface area contributed by atoms with Gasteiger partial charge >= 0.3 is 0 Å². The Labute approximate surface area is 101 Å². The van der Waals surface area contributed by atoms with Gasteiger partial charge in [0.2, 0.25) is 0 Å². The first-order valence-corrected chi connectivity index (χ1v) is 7.83. The van der Waals surface area contributed by atoms with Crippen molar-refractivity contribution in [3.8, 4) is 0 Å². The van der Waals surface area contributed by atoms with Gasteiger partial charge < -0.3 is 4.52 Å². The SMILES string of the molecule is O=S1(=O)CCN(Cc2cc(C3CC3)on2)CC1. The Morgan fingerprint density at radius 1 is 1.35 bits per heavy atom. The molecule has 1 saturated carbocycles. The molecule has 94 valence electrons. The maximum Gasteiger partial charge on any atom is 0.152 e. The molecule has 1 aromatic heterocycles. The van der Waals surface area contributed by atoms with Crippen molar-refractivity contribution in [3.05, 3.63) is 17.5 Å². The van der Waals surface area contributed by atoms with Crippen molar-refractivity contribution in [3.63, 3.8) is 0 Å². The van der Waals surface area contributed by atoms with E-state index in [4.69, 9.17) is 4.52 Å². The van der Waals surface area contributed by atoms with Crippen molar-refractivity contribution in [2.24, 2.45) is 0 Å². The van der Waals surface area contributed by atoms with Crippen molar-refractivity contribution in [2.75, 3.05) is 24.6 Å². The van der Waals surface area contributed by atoms with Crippen LogP contribution in [-0.4, -0.2) is 43.1 Å². The van der Waals surface area contributed by atoms with Gasteiger partial charge in [-0.1, -0.05) is 5.16 Å². The molecule has 5 nitrogen and oxygen atoms in total. The lowest BCUT2D eigenvalue weighted by molar-refractivity contribution is 0.275. The van der Waals surface area contributed by atoms with Gasteiger partial charge in [0.1, 0.15) is 5.76 Å². The zero-order valence-electron chi connectivity index (χ0n) is 9.63. The molecule has 2 fully saturated rings. The topological polar surface area (TPSA) is 63.4 Å². The summed E-state index contributed by atoms with van der Waals surface area (Å²) in [5, 5.41) is 4.04. The third-order valence-corrected chi connectivity index (χ3v) is 4.99. The molecule has 0 atom stereocenters. The van der Waals surface area contributed by atoms with E-state index in [1.165, 1.54) is 12.8 Å². The lowest BCUT2D eigenvalue weighted by atomic mass is 10.3. The van der Waals surface area contributed by atoms with E-state index in [0.29, 0.717) is 25.6 Å². The first-order chi connectivity index (χ1) is 8.12. The minimum atomic E-state index is -2.79. The fraction of sp³-hybridized carbons (Fsp3) is 0.727. The van der Waals surface area contributed by atoms with Crippen LogP contribution in [0.3, 0.4) is 0 Å². The largest absolute Gasteiger partial charge is 0.361 e. The molecule has 0 bridgehead atoms. The molecule has 3 rings (SSSR count). The molecule has 17 heavy (non-hydrogen) atoms. The van der Waals surface area contributed by atoms with E-state index in [2.05, 4.69) is 10.1 Å². The Morgan fingerprint density at radius 3 is 2.71 bits per heavy atom. The van der Waals surface area contributed by atoms with E-state index in [-0.39, 0.29) is 11.5 Å². The lowest BCUT2D eigenvalue weighted by Gasteiger charge is -2.25. The Hall–Kier alpha value is -0.880. The fourth-order valence-electron chi connectivity index (χ4n) is 2.10. The molecule has 1 aromatic rings. The minimum absolute atomic E-state index is 0.264. The second-order valence-corrected chi connectivity index (χ2v) is 7.23. The molecular weight excluding hydrogens is 240 g/mol. The van der Waals surface area contributed by atoms with Crippen molar-refractivity contribution < 1.29 is 12.9 Å². The van der Waals surface area contributed by atoms with Crippen LogP contribution in [-0.2, 0) is 16.4 Å². The van der Waals surface area contributed by atoms with Gasteiger partial charge in [-0.05, 0) is 12.8 Å². The second-order valence-electron chi connectivity index (χ2n) is 4.92. The molecule has 0 spiro atoms. The number of sulfone groups is 1. The van der Waals surface area contributed by atoms with Gasteiger partial charge in [0.25, 0.3) is 0 Å². The Balaban J connectivity index is 1.59. The van der Waals surface area contributed by atoms with Gasteiger partial charge in [0.05, 0.1) is 17.2 Å². The summed E-state index contributed by atoms with van der Waals surface area (Å²) in [6.07, 6.45) is 2.41. The predicted molar refractivity (Wildman–Crippen MR) is 62.4 cm³/mol. The number of rotatable bonds is 3. The number of hydrogen-bond acceptors (Lipinski definition) is 5. The molecule has 0 unspecified atom stereocenters. The highest BCUT2D eigenvalue weighted by molar-refractivity contribution is 7.91. The van der Waals surface area contributed by atoms with Crippen LogP contribution < -0.4 is 0 Å². The summed E-state index contributed by atoms with van der Waals surface area (Å²) in [7, 11) is -2.79. The highest BCUT2D eigenvalue weighted by Crippen LogP contribution is 2.40. The van der Waals surface area contributed by atoms with Gasteiger partial charge in [0.15, 0.2) is 9.84 Å². The summed E-state index contributed by atoms with van der Waals surface area (Å²) in [6.45, 7) is 1.91. The summed E-state index contributed by atoms with van der Waals surface area (Å²) in [4.78, 5) is 2.12. The highest BCUT2D eigenvalue weighted by Gasteiger charge is 2.28. The summed E-state index contributed by atoms with van der Waals surface area (Å²) in [6, 6.07) is 2.01. The quantitative estimate of drug-likeness (QED) is 0.799. The zero-order valence-corrected chi connectivity index (χ0v) is 10.4. The fourth-order valence-corrected chi connectivity index (χ4v) is 3.38. The third-order valence-electron chi connectivity index (χ3n) is 3.38. The van der Waals surface area contributed by atoms with E-state index in [0.717, 1.165) is 11.5 Å². The van der Waals surface area contributed by atoms with E-state index in [1.54, 1.807) is 0 Å². The molecule has 6 heteroatoms. The molecule has 0 N–H and O–H groups in total. The van der Waals surface area contributed by atoms with Gasteiger partial charge in [-0.25, -0.2) is 8.42 Å². The van der Waals surface area contributed by atoms with Gasteiger partial charge in [-0.2, -0.15) is 0 Å². The Kier molecular flexibility index (Phi) is 2.71. The molecule has 0 amide bonds. The monoisotopic (exact) mass is 256 g/mol. The van der Waals surface area contributed by atoms with Gasteiger partial charge in [-0.3, -0.25) is 4.90 Å². The molecular formula is C11H16N2O3S. The van der Waals surface area contributed by atoms with Crippen LogP contribution in [0.4, 0.5) is 0 Å². The molecule has 2 heterocycles. The average Bonchev–Trinajstić information content (AvgIpc) is 3.03. The Morgan fingerprint density at radius 2 is 2.06 bits per heavy atom. The molecule has 1 aliphatic heterocycles. The zero-order chi connectivity index (χ0) is 11.9.